The molecule has 0 aliphatic rings. The quantitative estimate of drug-likeness (QED) is 0.532. The average Bonchev–Trinajstić information content (AvgIpc) is 2.67. The van der Waals surface area contributed by atoms with Crippen LogP contribution in [0.25, 0.3) is 11.0 Å². The number of hydrogen-bond acceptors (Lipinski definition) is 3. The van der Waals surface area contributed by atoms with Crippen molar-refractivity contribution < 1.29 is 26.4 Å². The average molecular weight is 355 g/mol. The molecular formula is C15H18F5NOS. The van der Waals surface area contributed by atoms with Gasteiger partial charge >= 0.3 is 6.18 Å². The van der Waals surface area contributed by atoms with E-state index >= 15 is 0 Å². The monoisotopic (exact) mass is 355 g/mol. The van der Waals surface area contributed by atoms with E-state index in [2.05, 4.69) is 33.6 Å². The van der Waals surface area contributed by atoms with Crippen LogP contribution in [0.1, 0.15) is 38.1 Å². The molecule has 23 heavy (non-hydrogen) atoms. The molecule has 1 atom stereocenters. The van der Waals surface area contributed by atoms with Gasteiger partial charge in [-0.1, -0.05) is 33.6 Å². The van der Waals surface area contributed by atoms with Crippen LogP contribution in [0.15, 0.2) is 16.5 Å². The molecule has 0 spiro atoms. The molecule has 0 radical (unpaired) electrons. The Morgan fingerprint density at radius 1 is 1.13 bits per heavy atom. The first kappa shape index (κ1) is 19.8. The molecule has 0 saturated heterocycles. The fourth-order valence-corrected chi connectivity index (χ4v) is 2.08. The number of fused-ring (bicyclic) bond motifs is 1. The van der Waals surface area contributed by atoms with E-state index in [4.69, 9.17) is 4.42 Å². The van der Waals surface area contributed by atoms with Crippen LogP contribution < -0.4 is 4.72 Å². The third kappa shape index (κ3) is 4.84. The summed E-state index contributed by atoms with van der Waals surface area (Å²) < 4.78 is 71.4. The summed E-state index contributed by atoms with van der Waals surface area (Å²) in [6.45, 7) is 7.80. The first-order chi connectivity index (χ1) is 10.5. The lowest BCUT2D eigenvalue weighted by Crippen LogP contribution is -2.29. The highest BCUT2D eigenvalue weighted by Gasteiger charge is 2.43. The predicted octanol–water partition coefficient (Wildman–Crippen LogP) is 5.72. The fraction of sp³-hybridized carbons (Fsp3) is 0.467. The van der Waals surface area contributed by atoms with Crippen LogP contribution in [0, 0.1) is 24.5 Å². The summed E-state index contributed by atoms with van der Waals surface area (Å²) in [6, 6.07) is -0.732. The molecule has 1 N–H and O–H groups in total. The number of thiol groups is 1. The van der Waals surface area contributed by atoms with E-state index in [9.17, 15) is 22.0 Å². The number of nitrogens with one attached hydrogen (secondary N) is 1. The van der Waals surface area contributed by atoms with Gasteiger partial charge in [-0.05, 0) is 18.9 Å². The van der Waals surface area contributed by atoms with Gasteiger partial charge in [0, 0.05) is 17.0 Å². The van der Waals surface area contributed by atoms with Crippen molar-refractivity contribution in [1.29, 1.82) is 0 Å². The van der Waals surface area contributed by atoms with Crippen LogP contribution in [0.4, 0.5) is 22.0 Å². The maximum absolute atomic E-state index is 13.4. The predicted molar refractivity (Wildman–Crippen MR) is 82.3 cm³/mol. The molecule has 0 bridgehead atoms. The lowest BCUT2D eigenvalue weighted by Gasteiger charge is -2.17. The van der Waals surface area contributed by atoms with Gasteiger partial charge in [0.1, 0.15) is 11.6 Å². The van der Waals surface area contributed by atoms with Crippen molar-refractivity contribution in [2.45, 2.75) is 39.9 Å². The van der Waals surface area contributed by atoms with Gasteiger partial charge in [0.25, 0.3) is 0 Å². The Kier molecular flexibility index (Phi) is 6.47. The van der Waals surface area contributed by atoms with Crippen LogP contribution >= 0.6 is 12.8 Å². The minimum atomic E-state index is -4.67. The van der Waals surface area contributed by atoms with E-state index in [1.807, 2.05) is 0 Å². The molecule has 0 aliphatic heterocycles. The molecule has 0 amide bonds. The highest BCUT2D eigenvalue weighted by molar-refractivity contribution is 7.78. The first-order valence-corrected chi connectivity index (χ1v) is 7.28. The maximum atomic E-state index is 13.4. The standard InChI is InChI=1S/C11H8F5NOS.C4H10/c1-4-6-2-5(12)3-7(13)9(6)18-8(4)10(17-19)11(14,15)16;1-4(2)3/h2-3,10,17,19H,1H3;4H,1-3H3. The van der Waals surface area contributed by atoms with E-state index in [0.717, 1.165) is 12.0 Å². The fourth-order valence-electron chi connectivity index (χ4n) is 1.82. The zero-order chi connectivity index (χ0) is 17.9. The molecule has 2 nitrogen and oxygen atoms in total. The van der Waals surface area contributed by atoms with E-state index in [-0.39, 0.29) is 10.9 Å². The molecule has 1 aromatic heterocycles. The SMILES string of the molecule is CC(C)C.Cc1c(C(NS)C(F)(F)F)oc2c(F)cc(F)cc12. The third-order valence-corrected chi connectivity index (χ3v) is 2.97. The van der Waals surface area contributed by atoms with Crippen LogP contribution in [-0.4, -0.2) is 6.18 Å². The first-order valence-electron chi connectivity index (χ1n) is 6.83. The van der Waals surface area contributed by atoms with Gasteiger partial charge in [-0.2, -0.15) is 13.2 Å². The Morgan fingerprint density at radius 2 is 1.65 bits per heavy atom. The second kappa shape index (κ2) is 7.53. The van der Waals surface area contributed by atoms with Crippen molar-refractivity contribution in [3.63, 3.8) is 0 Å². The van der Waals surface area contributed by atoms with Gasteiger partial charge in [0.15, 0.2) is 17.4 Å². The van der Waals surface area contributed by atoms with Gasteiger partial charge < -0.3 is 4.42 Å². The number of aryl methyl sites for hydroxylation is 1. The Morgan fingerprint density at radius 3 is 2.09 bits per heavy atom. The lowest BCUT2D eigenvalue weighted by molar-refractivity contribution is -0.156. The van der Waals surface area contributed by atoms with E-state index < -0.39 is 35.2 Å². The van der Waals surface area contributed by atoms with Crippen molar-refractivity contribution >= 4 is 23.8 Å². The molecule has 2 rings (SSSR count). The summed E-state index contributed by atoms with van der Waals surface area (Å²) >= 11 is 3.40. The molecule has 0 saturated carbocycles. The Bertz CT molecular complexity index is 663. The summed E-state index contributed by atoms with van der Waals surface area (Å²) in [5.74, 6) is -1.64. The lowest BCUT2D eigenvalue weighted by atomic mass is 10.1. The van der Waals surface area contributed by atoms with Crippen molar-refractivity contribution in [2.75, 3.05) is 0 Å². The van der Waals surface area contributed by atoms with Crippen LogP contribution in [0.5, 0.6) is 0 Å². The Hall–Kier alpha value is -1.28. The van der Waals surface area contributed by atoms with E-state index in [1.165, 1.54) is 6.92 Å². The summed E-state index contributed by atoms with van der Waals surface area (Å²) in [6.07, 6.45) is -4.67. The molecule has 1 unspecified atom stereocenters. The molecule has 8 heteroatoms. The molecular weight excluding hydrogens is 337 g/mol. The third-order valence-electron chi connectivity index (χ3n) is 2.71. The second-order valence-electron chi connectivity index (χ2n) is 5.69. The van der Waals surface area contributed by atoms with Crippen molar-refractivity contribution in [1.82, 2.24) is 4.72 Å². The summed E-state index contributed by atoms with van der Waals surface area (Å²) in [7, 11) is 0. The molecule has 130 valence electrons. The summed E-state index contributed by atoms with van der Waals surface area (Å²) in [5, 5.41) is -0.0367. The minimum absolute atomic E-state index is 0.0114. The van der Waals surface area contributed by atoms with Crippen molar-refractivity contribution in [3.8, 4) is 0 Å². The molecule has 0 fully saturated rings. The van der Waals surface area contributed by atoms with E-state index in [0.29, 0.717) is 6.07 Å². The number of halogens is 5. The Balaban J connectivity index is 0.000000593. The molecule has 1 heterocycles. The highest BCUT2D eigenvalue weighted by atomic mass is 32.1. The van der Waals surface area contributed by atoms with Crippen LogP contribution in [0.3, 0.4) is 0 Å². The summed E-state index contributed by atoms with van der Waals surface area (Å²) in [5.41, 5.74) is -0.399. The minimum Gasteiger partial charge on any atom is -0.456 e. The molecule has 0 aliphatic carbocycles. The van der Waals surface area contributed by atoms with Crippen molar-refractivity contribution in [3.05, 3.63) is 35.1 Å². The number of alkyl halides is 3. The number of rotatable bonds is 2. The van der Waals surface area contributed by atoms with Gasteiger partial charge in [0.05, 0.1) is 0 Å². The topological polar surface area (TPSA) is 25.2 Å². The molecule has 2 aromatic rings. The summed E-state index contributed by atoms with van der Waals surface area (Å²) in [4.78, 5) is 0. The van der Waals surface area contributed by atoms with Crippen molar-refractivity contribution in [2.24, 2.45) is 5.92 Å². The van der Waals surface area contributed by atoms with E-state index in [1.54, 1.807) is 4.72 Å². The van der Waals surface area contributed by atoms with Crippen LogP contribution in [-0.2, 0) is 0 Å². The smallest absolute Gasteiger partial charge is 0.411 e. The maximum Gasteiger partial charge on any atom is 0.411 e. The van der Waals surface area contributed by atoms with Crippen LogP contribution in [0.2, 0.25) is 0 Å². The number of furan rings is 1. The molecule has 1 aromatic carbocycles. The normalized spacial score (nSPS) is 13.2. The number of benzene rings is 1. The zero-order valence-electron chi connectivity index (χ0n) is 13.1. The van der Waals surface area contributed by atoms with Gasteiger partial charge in [-0.15, -0.1) is 0 Å². The van der Waals surface area contributed by atoms with Gasteiger partial charge in [0.2, 0.25) is 0 Å². The van der Waals surface area contributed by atoms with Gasteiger partial charge in [-0.3, -0.25) is 0 Å². The second-order valence-corrected chi connectivity index (χ2v) is 5.95. The largest absolute Gasteiger partial charge is 0.456 e. The highest BCUT2D eigenvalue weighted by Crippen LogP contribution is 2.39. The zero-order valence-corrected chi connectivity index (χ0v) is 13.9. The number of hydrogen-bond donors (Lipinski definition) is 2. The van der Waals surface area contributed by atoms with Gasteiger partial charge in [-0.25, -0.2) is 13.5 Å². The Labute approximate surface area is 136 Å².